The smallest absolute Gasteiger partial charge is 0.303 e. The number of rotatable bonds is 14. The van der Waals surface area contributed by atoms with E-state index in [1.165, 1.54) is 44.9 Å². The summed E-state index contributed by atoms with van der Waals surface area (Å²) in [5, 5.41) is 8.49. The van der Waals surface area contributed by atoms with Crippen molar-refractivity contribution in [2.75, 3.05) is 0 Å². The Bertz CT molecular complexity index is 267. The molecule has 20 heavy (non-hydrogen) atoms. The SMILES string of the molecule is CCCCCCCCC=CCC=CCCCCC(=O)O. The first-order valence-corrected chi connectivity index (χ1v) is 8.29. The maximum Gasteiger partial charge on any atom is 0.303 e. The van der Waals surface area contributed by atoms with E-state index in [2.05, 4.69) is 31.2 Å². The molecule has 0 aliphatic heterocycles. The molecule has 1 N–H and O–H groups in total. The Morgan fingerprint density at radius 3 is 1.95 bits per heavy atom. The van der Waals surface area contributed by atoms with Crippen LogP contribution in [0.4, 0.5) is 0 Å². The molecule has 0 aromatic rings. The average molecular weight is 280 g/mol. The number of allylic oxidation sites excluding steroid dienone is 4. The third-order valence-electron chi connectivity index (χ3n) is 3.34. The Balaban J connectivity index is 3.20. The molecular formula is C18H32O2. The van der Waals surface area contributed by atoms with Gasteiger partial charge >= 0.3 is 5.97 Å². The van der Waals surface area contributed by atoms with Crippen LogP contribution in [-0.4, -0.2) is 11.1 Å². The molecule has 0 bridgehead atoms. The zero-order valence-corrected chi connectivity index (χ0v) is 13.2. The summed E-state index contributed by atoms with van der Waals surface area (Å²) in [6, 6.07) is 0. The number of unbranched alkanes of at least 4 members (excludes halogenated alkanes) is 8. The molecule has 0 rings (SSSR count). The van der Waals surface area contributed by atoms with Crippen LogP contribution in [0.3, 0.4) is 0 Å². The summed E-state index contributed by atoms with van der Waals surface area (Å²) in [5.74, 6) is -0.688. The molecule has 0 unspecified atom stereocenters. The second kappa shape index (κ2) is 16.0. The van der Waals surface area contributed by atoms with E-state index in [-0.39, 0.29) is 0 Å². The van der Waals surface area contributed by atoms with Gasteiger partial charge in [-0.2, -0.15) is 0 Å². The molecule has 0 heterocycles. The average Bonchev–Trinajstić information content (AvgIpc) is 2.43. The third kappa shape index (κ3) is 16.9. The van der Waals surface area contributed by atoms with E-state index in [0.29, 0.717) is 6.42 Å². The summed E-state index contributed by atoms with van der Waals surface area (Å²) in [4.78, 5) is 10.3. The number of carboxylic acid groups (broad SMARTS) is 1. The van der Waals surface area contributed by atoms with Crippen LogP contribution in [0.15, 0.2) is 24.3 Å². The molecule has 2 heteroatoms. The molecule has 0 amide bonds. The van der Waals surface area contributed by atoms with Gasteiger partial charge in [0.25, 0.3) is 0 Å². The summed E-state index contributed by atoms with van der Waals surface area (Å²) in [6.07, 6.45) is 22.3. The molecule has 0 fully saturated rings. The monoisotopic (exact) mass is 280 g/mol. The van der Waals surface area contributed by atoms with Crippen molar-refractivity contribution in [2.45, 2.75) is 84.0 Å². The normalized spacial score (nSPS) is 11.7. The highest BCUT2D eigenvalue weighted by Gasteiger charge is 1.93. The van der Waals surface area contributed by atoms with Gasteiger partial charge in [0.1, 0.15) is 0 Å². The number of carboxylic acids is 1. The maximum atomic E-state index is 10.3. The van der Waals surface area contributed by atoms with Crippen LogP contribution in [0.1, 0.15) is 84.0 Å². The maximum absolute atomic E-state index is 10.3. The first kappa shape index (κ1) is 18.9. The van der Waals surface area contributed by atoms with Gasteiger partial charge < -0.3 is 5.11 Å². The number of aliphatic carboxylic acids is 1. The zero-order valence-electron chi connectivity index (χ0n) is 13.2. The number of hydrogen-bond acceptors (Lipinski definition) is 1. The van der Waals surface area contributed by atoms with Crippen molar-refractivity contribution >= 4 is 5.97 Å². The minimum Gasteiger partial charge on any atom is -0.481 e. The van der Waals surface area contributed by atoms with Crippen molar-refractivity contribution in [1.82, 2.24) is 0 Å². The van der Waals surface area contributed by atoms with Crippen LogP contribution in [0.2, 0.25) is 0 Å². The summed E-state index contributed by atoms with van der Waals surface area (Å²) in [7, 11) is 0. The fourth-order valence-corrected chi connectivity index (χ4v) is 2.09. The van der Waals surface area contributed by atoms with Crippen LogP contribution in [-0.2, 0) is 4.79 Å². The highest BCUT2D eigenvalue weighted by atomic mass is 16.4. The van der Waals surface area contributed by atoms with E-state index in [9.17, 15) is 4.79 Å². The molecule has 0 saturated carbocycles. The molecule has 0 aromatic carbocycles. The molecule has 0 aromatic heterocycles. The summed E-state index contributed by atoms with van der Waals surface area (Å²) in [5.41, 5.74) is 0. The van der Waals surface area contributed by atoms with E-state index in [1.54, 1.807) is 0 Å². The molecule has 116 valence electrons. The Kier molecular flexibility index (Phi) is 15.2. The molecule has 2 nitrogen and oxygen atoms in total. The van der Waals surface area contributed by atoms with Gasteiger partial charge in [-0.05, 0) is 38.5 Å². The van der Waals surface area contributed by atoms with Crippen molar-refractivity contribution in [1.29, 1.82) is 0 Å². The number of hydrogen-bond donors (Lipinski definition) is 1. The fraction of sp³-hybridized carbons (Fsp3) is 0.722. The van der Waals surface area contributed by atoms with Gasteiger partial charge in [0.2, 0.25) is 0 Å². The Labute approximate surface area is 125 Å². The van der Waals surface area contributed by atoms with E-state index >= 15 is 0 Å². The van der Waals surface area contributed by atoms with Gasteiger partial charge in [-0.3, -0.25) is 4.79 Å². The standard InChI is InChI=1S/C18H32O2/c1-2-3-4-5-6-7-8-9-10-11-12-13-14-15-16-17-18(19)20/h9-10,12-13H,2-8,11,14-17H2,1H3,(H,19,20). The summed E-state index contributed by atoms with van der Waals surface area (Å²) < 4.78 is 0. The molecule has 0 aliphatic rings. The van der Waals surface area contributed by atoms with E-state index in [0.717, 1.165) is 25.7 Å². The molecular weight excluding hydrogens is 248 g/mol. The quantitative estimate of drug-likeness (QED) is 0.318. The molecule has 0 aliphatic carbocycles. The van der Waals surface area contributed by atoms with Crippen molar-refractivity contribution in [3.8, 4) is 0 Å². The molecule has 0 atom stereocenters. The second-order valence-corrected chi connectivity index (χ2v) is 5.37. The van der Waals surface area contributed by atoms with Crippen molar-refractivity contribution in [3.05, 3.63) is 24.3 Å². The van der Waals surface area contributed by atoms with Crippen molar-refractivity contribution < 1.29 is 9.90 Å². The van der Waals surface area contributed by atoms with Crippen LogP contribution < -0.4 is 0 Å². The summed E-state index contributed by atoms with van der Waals surface area (Å²) in [6.45, 7) is 2.25. The van der Waals surface area contributed by atoms with Gasteiger partial charge in [0.05, 0.1) is 0 Å². The molecule has 0 radical (unpaired) electrons. The highest BCUT2D eigenvalue weighted by molar-refractivity contribution is 5.66. The third-order valence-corrected chi connectivity index (χ3v) is 3.34. The Morgan fingerprint density at radius 2 is 1.35 bits per heavy atom. The van der Waals surface area contributed by atoms with E-state index in [1.807, 2.05) is 0 Å². The minimum atomic E-state index is -0.688. The van der Waals surface area contributed by atoms with Crippen LogP contribution in [0.25, 0.3) is 0 Å². The first-order chi connectivity index (χ1) is 9.77. The van der Waals surface area contributed by atoms with Gasteiger partial charge in [0, 0.05) is 6.42 Å². The lowest BCUT2D eigenvalue weighted by Gasteiger charge is -1.97. The van der Waals surface area contributed by atoms with E-state index < -0.39 is 5.97 Å². The fourth-order valence-electron chi connectivity index (χ4n) is 2.09. The minimum absolute atomic E-state index is 0.298. The van der Waals surface area contributed by atoms with Crippen molar-refractivity contribution in [3.63, 3.8) is 0 Å². The zero-order chi connectivity index (χ0) is 14.9. The largest absolute Gasteiger partial charge is 0.481 e. The lowest BCUT2D eigenvalue weighted by atomic mass is 10.1. The lowest BCUT2D eigenvalue weighted by Crippen LogP contribution is -1.92. The van der Waals surface area contributed by atoms with Gasteiger partial charge in [-0.15, -0.1) is 0 Å². The van der Waals surface area contributed by atoms with Crippen LogP contribution >= 0.6 is 0 Å². The highest BCUT2D eigenvalue weighted by Crippen LogP contribution is 2.07. The van der Waals surface area contributed by atoms with Crippen LogP contribution in [0, 0.1) is 0 Å². The first-order valence-electron chi connectivity index (χ1n) is 8.29. The topological polar surface area (TPSA) is 37.3 Å². The second-order valence-electron chi connectivity index (χ2n) is 5.37. The summed E-state index contributed by atoms with van der Waals surface area (Å²) >= 11 is 0. The van der Waals surface area contributed by atoms with Crippen LogP contribution in [0.5, 0.6) is 0 Å². The van der Waals surface area contributed by atoms with Gasteiger partial charge in [-0.25, -0.2) is 0 Å². The molecule has 0 spiro atoms. The van der Waals surface area contributed by atoms with E-state index in [4.69, 9.17) is 5.11 Å². The Hall–Kier alpha value is -1.05. The Morgan fingerprint density at radius 1 is 0.800 bits per heavy atom. The predicted octanol–water partition coefficient (Wildman–Crippen LogP) is 5.88. The van der Waals surface area contributed by atoms with Crippen molar-refractivity contribution in [2.24, 2.45) is 0 Å². The lowest BCUT2D eigenvalue weighted by molar-refractivity contribution is -0.137. The van der Waals surface area contributed by atoms with Gasteiger partial charge in [-0.1, -0.05) is 63.3 Å². The molecule has 0 saturated heterocycles. The number of carbonyl (C=O) groups is 1. The predicted molar refractivity (Wildman–Crippen MR) is 87.0 cm³/mol. The van der Waals surface area contributed by atoms with Gasteiger partial charge in [0.15, 0.2) is 0 Å².